The highest BCUT2D eigenvalue weighted by molar-refractivity contribution is 9.10. The predicted octanol–water partition coefficient (Wildman–Crippen LogP) is 4.21. The second-order valence-electron chi connectivity index (χ2n) is 4.94. The number of carbonyl (C=O) groups excluding carboxylic acids is 1. The Morgan fingerprint density at radius 2 is 1.90 bits per heavy atom. The smallest absolute Gasteiger partial charge is 0.137 e. The fourth-order valence-electron chi connectivity index (χ4n) is 2.13. The molecule has 0 heterocycles. The number of aromatic hydroxyl groups is 1. The standard InChI is InChI=1S/C17H17BrO2/c1-12-6-9-17(20)14(10-12)11-15(19)8-7-13-4-2-3-5-16(13)18/h2-6,9-10,20H,7-8,11H2,1H3. The number of aryl methyl sites for hydroxylation is 2. The van der Waals surface area contributed by atoms with E-state index in [1.807, 2.05) is 43.3 Å². The number of hydrogen-bond donors (Lipinski definition) is 1. The minimum Gasteiger partial charge on any atom is -0.508 e. The number of rotatable bonds is 5. The maximum absolute atomic E-state index is 12.0. The van der Waals surface area contributed by atoms with Crippen LogP contribution in [-0.2, 0) is 17.6 Å². The third-order valence-corrected chi connectivity index (χ3v) is 4.03. The summed E-state index contributed by atoms with van der Waals surface area (Å²) in [6.07, 6.45) is 1.49. The van der Waals surface area contributed by atoms with E-state index < -0.39 is 0 Å². The molecule has 0 aliphatic heterocycles. The van der Waals surface area contributed by atoms with Crippen LogP contribution in [0.25, 0.3) is 0 Å². The van der Waals surface area contributed by atoms with E-state index in [1.54, 1.807) is 6.07 Å². The lowest BCUT2D eigenvalue weighted by Crippen LogP contribution is -2.05. The summed E-state index contributed by atoms with van der Waals surface area (Å²) in [6, 6.07) is 13.3. The van der Waals surface area contributed by atoms with Gasteiger partial charge in [-0.25, -0.2) is 0 Å². The molecule has 2 aromatic rings. The summed E-state index contributed by atoms with van der Waals surface area (Å²) >= 11 is 3.48. The van der Waals surface area contributed by atoms with Crippen molar-refractivity contribution >= 4 is 21.7 Å². The molecule has 0 amide bonds. The Kier molecular flexibility index (Phi) is 4.96. The van der Waals surface area contributed by atoms with Crippen molar-refractivity contribution in [2.45, 2.75) is 26.2 Å². The van der Waals surface area contributed by atoms with Crippen LogP contribution >= 0.6 is 15.9 Å². The summed E-state index contributed by atoms with van der Waals surface area (Å²) < 4.78 is 1.03. The molecule has 0 fully saturated rings. The third kappa shape index (κ3) is 3.94. The normalized spacial score (nSPS) is 10.5. The molecule has 20 heavy (non-hydrogen) atoms. The van der Waals surface area contributed by atoms with Crippen molar-refractivity contribution in [1.82, 2.24) is 0 Å². The van der Waals surface area contributed by atoms with Crippen LogP contribution in [0.1, 0.15) is 23.1 Å². The molecule has 0 aliphatic rings. The number of benzene rings is 2. The van der Waals surface area contributed by atoms with Crippen LogP contribution in [0.4, 0.5) is 0 Å². The zero-order chi connectivity index (χ0) is 14.5. The quantitative estimate of drug-likeness (QED) is 0.890. The highest BCUT2D eigenvalue weighted by atomic mass is 79.9. The van der Waals surface area contributed by atoms with E-state index in [4.69, 9.17) is 0 Å². The molecule has 0 radical (unpaired) electrons. The van der Waals surface area contributed by atoms with Crippen LogP contribution < -0.4 is 0 Å². The number of ketones is 1. The molecule has 0 aliphatic carbocycles. The Labute approximate surface area is 127 Å². The van der Waals surface area contributed by atoms with Gasteiger partial charge in [-0.3, -0.25) is 4.79 Å². The maximum Gasteiger partial charge on any atom is 0.137 e. The van der Waals surface area contributed by atoms with Crippen molar-refractivity contribution < 1.29 is 9.90 Å². The largest absolute Gasteiger partial charge is 0.508 e. The van der Waals surface area contributed by atoms with E-state index in [0.29, 0.717) is 18.4 Å². The average molecular weight is 333 g/mol. The highest BCUT2D eigenvalue weighted by Crippen LogP contribution is 2.21. The SMILES string of the molecule is Cc1ccc(O)c(CC(=O)CCc2ccccc2Br)c1. The van der Waals surface area contributed by atoms with Crippen molar-refractivity contribution in [2.75, 3.05) is 0 Å². The molecule has 0 unspecified atom stereocenters. The van der Waals surface area contributed by atoms with Gasteiger partial charge in [0.15, 0.2) is 0 Å². The van der Waals surface area contributed by atoms with Crippen molar-refractivity contribution in [3.63, 3.8) is 0 Å². The lowest BCUT2D eigenvalue weighted by molar-refractivity contribution is -0.118. The Balaban J connectivity index is 1.96. The first-order valence-corrected chi connectivity index (χ1v) is 7.39. The molecule has 0 bridgehead atoms. The number of carbonyl (C=O) groups is 1. The molecule has 0 atom stereocenters. The Hall–Kier alpha value is -1.61. The summed E-state index contributed by atoms with van der Waals surface area (Å²) in [7, 11) is 0. The topological polar surface area (TPSA) is 37.3 Å². The van der Waals surface area contributed by atoms with E-state index in [0.717, 1.165) is 15.6 Å². The third-order valence-electron chi connectivity index (χ3n) is 3.25. The molecule has 0 spiro atoms. The van der Waals surface area contributed by atoms with Crippen molar-refractivity contribution in [2.24, 2.45) is 0 Å². The van der Waals surface area contributed by atoms with Gasteiger partial charge in [-0.05, 0) is 31.0 Å². The summed E-state index contributed by atoms with van der Waals surface area (Å²) in [5.41, 5.74) is 2.90. The van der Waals surface area contributed by atoms with Crippen molar-refractivity contribution in [1.29, 1.82) is 0 Å². The summed E-state index contributed by atoms with van der Waals surface area (Å²) in [6.45, 7) is 1.95. The van der Waals surface area contributed by atoms with Gasteiger partial charge in [-0.1, -0.05) is 51.8 Å². The van der Waals surface area contributed by atoms with Gasteiger partial charge in [0, 0.05) is 22.9 Å². The minimum absolute atomic E-state index is 0.140. The van der Waals surface area contributed by atoms with Gasteiger partial charge in [-0.2, -0.15) is 0 Å². The molecule has 2 nitrogen and oxygen atoms in total. The molecule has 1 N–H and O–H groups in total. The van der Waals surface area contributed by atoms with Crippen LogP contribution in [0.3, 0.4) is 0 Å². The van der Waals surface area contributed by atoms with Gasteiger partial charge in [0.25, 0.3) is 0 Å². The first-order valence-electron chi connectivity index (χ1n) is 6.60. The van der Waals surface area contributed by atoms with Crippen LogP contribution in [-0.4, -0.2) is 10.9 Å². The molecule has 0 aromatic heterocycles. The fourth-order valence-corrected chi connectivity index (χ4v) is 2.61. The minimum atomic E-state index is 0.140. The van der Waals surface area contributed by atoms with Crippen LogP contribution in [0.2, 0.25) is 0 Å². The van der Waals surface area contributed by atoms with E-state index in [1.165, 1.54) is 0 Å². The summed E-state index contributed by atoms with van der Waals surface area (Å²) in [5.74, 6) is 0.339. The summed E-state index contributed by atoms with van der Waals surface area (Å²) in [5, 5.41) is 9.75. The molecule has 3 heteroatoms. The van der Waals surface area contributed by atoms with Gasteiger partial charge >= 0.3 is 0 Å². The monoisotopic (exact) mass is 332 g/mol. The molecule has 0 saturated carbocycles. The fraction of sp³-hybridized carbons (Fsp3) is 0.235. The number of phenolic OH excluding ortho intramolecular Hbond substituents is 1. The molecule has 104 valence electrons. The zero-order valence-electron chi connectivity index (χ0n) is 11.4. The van der Waals surface area contributed by atoms with Gasteiger partial charge < -0.3 is 5.11 Å². The first-order chi connectivity index (χ1) is 9.56. The first kappa shape index (κ1) is 14.8. The van der Waals surface area contributed by atoms with Gasteiger partial charge in [0.1, 0.15) is 11.5 Å². The van der Waals surface area contributed by atoms with Crippen LogP contribution in [0, 0.1) is 6.92 Å². The predicted molar refractivity (Wildman–Crippen MR) is 84.0 cm³/mol. The van der Waals surface area contributed by atoms with Crippen LogP contribution in [0.15, 0.2) is 46.9 Å². The van der Waals surface area contributed by atoms with E-state index in [9.17, 15) is 9.90 Å². The number of halogens is 1. The average Bonchev–Trinajstić information content (AvgIpc) is 2.42. The number of Topliss-reactive ketones (excluding diaryl/α,β-unsaturated/α-hetero) is 1. The number of hydrogen-bond acceptors (Lipinski definition) is 2. The van der Waals surface area contributed by atoms with E-state index in [-0.39, 0.29) is 18.0 Å². The summed E-state index contributed by atoms with van der Waals surface area (Å²) in [4.78, 5) is 12.0. The lowest BCUT2D eigenvalue weighted by Gasteiger charge is -2.06. The Morgan fingerprint density at radius 1 is 1.15 bits per heavy atom. The van der Waals surface area contributed by atoms with E-state index >= 15 is 0 Å². The second-order valence-corrected chi connectivity index (χ2v) is 5.79. The van der Waals surface area contributed by atoms with Crippen molar-refractivity contribution in [3.05, 3.63) is 63.6 Å². The maximum atomic E-state index is 12.0. The van der Waals surface area contributed by atoms with Gasteiger partial charge in [0.2, 0.25) is 0 Å². The molecule has 2 rings (SSSR count). The van der Waals surface area contributed by atoms with Crippen LogP contribution in [0.5, 0.6) is 5.75 Å². The van der Waals surface area contributed by atoms with Gasteiger partial charge in [-0.15, -0.1) is 0 Å². The molecule has 0 saturated heterocycles. The Bertz CT molecular complexity index is 620. The molecular weight excluding hydrogens is 316 g/mol. The highest BCUT2D eigenvalue weighted by Gasteiger charge is 2.09. The van der Waals surface area contributed by atoms with Gasteiger partial charge in [0.05, 0.1) is 0 Å². The second kappa shape index (κ2) is 6.71. The molecule has 2 aromatic carbocycles. The van der Waals surface area contributed by atoms with Crippen molar-refractivity contribution in [3.8, 4) is 5.75 Å². The lowest BCUT2D eigenvalue weighted by atomic mass is 10.0. The number of phenols is 1. The Morgan fingerprint density at radius 3 is 2.65 bits per heavy atom. The molecular formula is C17H17BrO2. The van der Waals surface area contributed by atoms with E-state index in [2.05, 4.69) is 15.9 Å². The zero-order valence-corrected chi connectivity index (χ0v) is 13.0.